The Kier molecular flexibility index (Phi) is 2.78. The van der Waals surface area contributed by atoms with Crippen LogP contribution in [-0.2, 0) is 0 Å². The molecule has 3 rings (SSSR count). The van der Waals surface area contributed by atoms with Crippen molar-refractivity contribution in [1.82, 2.24) is 0 Å². The molecule has 2 heteroatoms. The number of aryl methyl sites for hydroxylation is 1. The maximum Gasteiger partial charge on any atom is 0.123 e. The van der Waals surface area contributed by atoms with Gasteiger partial charge in [-0.3, -0.25) is 0 Å². The minimum Gasteiger partial charge on any atom is -0.493 e. The second-order valence-electron chi connectivity index (χ2n) is 4.78. The molecule has 0 amide bonds. The maximum absolute atomic E-state index is 13.0. The van der Waals surface area contributed by atoms with Crippen LogP contribution < -0.4 is 4.74 Å². The third kappa shape index (κ3) is 1.99. The molecule has 1 heterocycles. The van der Waals surface area contributed by atoms with Crippen molar-refractivity contribution >= 4 is 0 Å². The van der Waals surface area contributed by atoms with Gasteiger partial charge < -0.3 is 4.74 Å². The van der Waals surface area contributed by atoms with E-state index in [1.54, 1.807) is 0 Å². The summed E-state index contributed by atoms with van der Waals surface area (Å²) in [6.07, 6.45) is 0.947. The zero-order chi connectivity index (χ0) is 12.5. The quantitative estimate of drug-likeness (QED) is 0.733. The monoisotopic (exact) mass is 242 g/mol. The lowest BCUT2D eigenvalue weighted by molar-refractivity contribution is 0.277. The van der Waals surface area contributed by atoms with Crippen LogP contribution in [0.4, 0.5) is 4.39 Å². The van der Waals surface area contributed by atoms with Crippen molar-refractivity contribution in [2.75, 3.05) is 6.61 Å². The Labute approximate surface area is 106 Å². The van der Waals surface area contributed by atoms with Gasteiger partial charge in [0.2, 0.25) is 0 Å². The predicted molar refractivity (Wildman–Crippen MR) is 69.5 cm³/mol. The van der Waals surface area contributed by atoms with E-state index < -0.39 is 0 Å². The fourth-order valence-electron chi connectivity index (χ4n) is 2.56. The second-order valence-corrected chi connectivity index (χ2v) is 4.78. The predicted octanol–water partition coefficient (Wildman–Crippen LogP) is 4.05. The molecule has 0 spiro atoms. The van der Waals surface area contributed by atoms with E-state index in [2.05, 4.69) is 19.1 Å². The SMILES string of the molecule is Cc1ccc2c(c1)C(c1ccc(F)cc1)CCO2. The van der Waals surface area contributed by atoms with E-state index in [0.29, 0.717) is 5.92 Å². The smallest absolute Gasteiger partial charge is 0.123 e. The van der Waals surface area contributed by atoms with Gasteiger partial charge >= 0.3 is 0 Å². The number of fused-ring (bicyclic) bond motifs is 1. The van der Waals surface area contributed by atoms with Gasteiger partial charge in [-0.25, -0.2) is 4.39 Å². The van der Waals surface area contributed by atoms with Crippen LogP contribution in [0, 0.1) is 12.7 Å². The largest absolute Gasteiger partial charge is 0.493 e. The fraction of sp³-hybridized carbons (Fsp3) is 0.250. The van der Waals surface area contributed by atoms with Crippen molar-refractivity contribution < 1.29 is 9.13 Å². The number of halogens is 1. The zero-order valence-electron chi connectivity index (χ0n) is 10.3. The van der Waals surface area contributed by atoms with Gasteiger partial charge in [-0.1, -0.05) is 29.8 Å². The van der Waals surface area contributed by atoms with Crippen molar-refractivity contribution in [2.45, 2.75) is 19.3 Å². The van der Waals surface area contributed by atoms with Gasteiger partial charge in [0, 0.05) is 11.5 Å². The molecule has 0 radical (unpaired) electrons. The molecule has 1 atom stereocenters. The maximum atomic E-state index is 13.0. The zero-order valence-corrected chi connectivity index (χ0v) is 10.3. The van der Waals surface area contributed by atoms with Gasteiger partial charge in [0.15, 0.2) is 0 Å². The summed E-state index contributed by atoms with van der Waals surface area (Å²) in [5.74, 6) is 1.09. The summed E-state index contributed by atoms with van der Waals surface area (Å²) in [6.45, 7) is 2.80. The Morgan fingerprint density at radius 3 is 2.67 bits per heavy atom. The van der Waals surface area contributed by atoms with Crippen molar-refractivity contribution in [3.63, 3.8) is 0 Å². The fourth-order valence-corrected chi connectivity index (χ4v) is 2.56. The molecule has 2 aromatic carbocycles. The molecule has 18 heavy (non-hydrogen) atoms. The molecule has 0 aromatic heterocycles. The highest BCUT2D eigenvalue weighted by atomic mass is 19.1. The highest BCUT2D eigenvalue weighted by Gasteiger charge is 2.22. The molecule has 0 aliphatic carbocycles. The van der Waals surface area contributed by atoms with E-state index in [1.807, 2.05) is 18.2 Å². The molecule has 92 valence electrons. The van der Waals surface area contributed by atoms with Crippen LogP contribution in [0.3, 0.4) is 0 Å². The van der Waals surface area contributed by atoms with Crippen molar-refractivity contribution in [3.8, 4) is 5.75 Å². The first-order chi connectivity index (χ1) is 8.74. The van der Waals surface area contributed by atoms with E-state index in [0.717, 1.165) is 24.3 Å². The first kappa shape index (κ1) is 11.3. The Morgan fingerprint density at radius 1 is 1.11 bits per heavy atom. The van der Waals surface area contributed by atoms with E-state index in [1.165, 1.54) is 23.3 Å². The second kappa shape index (κ2) is 4.45. The highest BCUT2D eigenvalue weighted by Crippen LogP contribution is 2.38. The third-order valence-corrected chi connectivity index (χ3v) is 3.48. The minimum absolute atomic E-state index is 0.185. The number of benzene rings is 2. The molecular weight excluding hydrogens is 227 g/mol. The Bertz CT molecular complexity index is 560. The molecule has 1 aliphatic heterocycles. The Balaban J connectivity index is 2.05. The first-order valence-electron chi connectivity index (χ1n) is 6.23. The van der Waals surface area contributed by atoms with Crippen LogP contribution in [0.15, 0.2) is 42.5 Å². The van der Waals surface area contributed by atoms with Gasteiger partial charge in [0.1, 0.15) is 11.6 Å². The van der Waals surface area contributed by atoms with Crippen LogP contribution in [0.1, 0.15) is 29.0 Å². The third-order valence-electron chi connectivity index (χ3n) is 3.48. The number of hydrogen-bond donors (Lipinski definition) is 0. The number of rotatable bonds is 1. The van der Waals surface area contributed by atoms with Crippen LogP contribution in [-0.4, -0.2) is 6.61 Å². The summed E-state index contributed by atoms with van der Waals surface area (Å²) in [4.78, 5) is 0. The first-order valence-corrected chi connectivity index (χ1v) is 6.23. The summed E-state index contributed by atoms with van der Waals surface area (Å²) in [5.41, 5.74) is 3.60. The van der Waals surface area contributed by atoms with E-state index in [4.69, 9.17) is 4.74 Å². The summed E-state index contributed by atoms with van der Waals surface area (Å²) >= 11 is 0. The molecule has 0 bridgehead atoms. The molecule has 0 N–H and O–H groups in total. The minimum atomic E-state index is -0.185. The molecule has 1 nitrogen and oxygen atoms in total. The van der Waals surface area contributed by atoms with Gasteiger partial charge in [-0.05, 0) is 37.1 Å². The number of ether oxygens (including phenoxy) is 1. The van der Waals surface area contributed by atoms with Crippen LogP contribution in [0.2, 0.25) is 0 Å². The highest BCUT2D eigenvalue weighted by molar-refractivity contribution is 5.45. The van der Waals surface area contributed by atoms with Crippen LogP contribution >= 0.6 is 0 Å². The topological polar surface area (TPSA) is 9.23 Å². The normalized spacial score (nSPS) is 18.0. The molecule has 1 unspecified atom stereocenters. The molecule has 2 aromatic rings. The van der Waals surface area contributed by atoms with Gasteiger partial charge in [-0.2, -0.15) is 0 Å². The van der Waals surface area contributed by atoms with Crippen molar-refractivity contribution in [3.05, 3.63) is 65.0 Å². The summed E-state index contributed by atoms with van der Waals surface area (Å²) in [6, 6.07) is 13.1. The van der Waals surface area contributed by atoms with Crippen LogP contribution in [0.5, 0.6) is 5.75 Å². The molecule has 0 saturated heterocycles. The lowest BCUT2D eigenvalue weighted by Gasteiger charge is -2.26. The standard InChI is InChI=1S/C16H15FO/c1-11-2-7-16-15(10-11)14(8-9-18-16)12-3-5-13(17)6-4-12/h2-7,10,14H,8-9H2,1H3. The van der Waals surface area contributed by atoms with Crippen LogP contribution in [0.25, 0.3) is 0 Å². The average molecular weight is 242 g/mol. The van der Waals surface area contributed by atoms with E-state index in [-0.39, 0.29) is 5.82 Å². The lowest BCUT2D eigenvalue weighted by Crippen LogP contribution is -2.15. The average Bonchev–Trinajstić information content (AvgIpc) is 2.39. The Hall–Kier alpha value is -1.83. The summed E-state index contributed by atoms with van der Waals surface area (Å²) in [7, 11) is 0. The molecule has 1 aliphatic rings. The van der Waals surface area contributed by atoms with Crippen molar-refractivity contribution in [1.29, 1.82) is 0 Å². The molecule has 0 saturated carbocycles. The van der Waals surface area contributed by atoms with Gasteiger partial charge in [0.25, 0.3) is 0 Å². The molecular formula is C16H15FO. The summed E-state index contributed by atoms with van der Waals surface area (Å²) < 4.78 is 18.7. The van der Waals surface area contributed by atoms with Gasteiger partial charge in [0.05, 0.1) is 6.61 Å². The van der Waals surface area contributed by atoms with Crippen molar-refractivity contribution in [2.24, 2.45) is 0 Å². The van der Waals surface area contributed by atoms with E-state index in [9.17, 15) is 4.39 Å². The Morgan fingerprint density at radius 2 is 1.89 bits per heavy atom. The summed E-state index contributed by atoms with van der Waals surface area (Å²) in [5, 5.41) is 0. The lowest BCUT2D eigenvalue weighted by atomic mass is 9.86. The molecule has 0 fully saturated rings. The van der Waals surface area contributed by atoms with E-state index >= 15 is 0 Å². The number of hydrogen-bond acceptors (Lipinski definition) is 1. The van der Waals surface area contributed by atoms with Gasteiger partial charge in [-0.15, -0.1) is 0 Å².